The number of rotatable bonds is 5. The van der Waals surface area contributed by atoms with Gasteiger partial charge in [-0.15, -0.1) is 0 Å². The predicted octanol–water partition coefficient (Wildman–Crippen LogP) is 4.69. The van der Waals surface area contributed by atoms with Crippen molar-refractivity contribution in [3.05, 3.63) is 90.0 Å². The topological polar surface area (TPSA) is 67.2 Å². The van der Waals surface area contributed by atoms with Crippen LogP contribution in [0.3, 0.4) is 0 Å². The van der Waals surface area contributed by atoms with Gasteiger partial charge < -0.3 is 16.4 Å². The maximum absolute atomic E-state index is 12.4. The summed E-state index contributed by atoms with van der Waals surface area (Å²) in [5.41, 5.74) is 9.80. The van der Waals surface area contributed by atoms with Gasteiger partial charge >= 0.3 is 0 Å². The first kappa shape index (κ1) is 16.6. The molecule has 1 amide bonds. The minimum atomic E-state index is -0.173. The van der Waals surface area contributed by atoms with E-state index < -0.39 is 0 Å². The molecule has 0 aromatic heterocycles. The fourth-order valence-electron chi connectivity index (χ4n) is 2.60. The van der Waals surface area contributed by atoms with Crippen LogP contribution < -0.4 is 16.4 Å². The molecule has 4 nitrogen and oxygen atoms in total. The maximum Gasteiger partial charge on any atom is 0.255 e. The smallest absolute Gasteiger partial charge is 0.255 e. The zero-order chi connectivity index (χ0) is 17.6. The number of nitrogens with one attached hydrogen (secondary N) is 2. The summed E-state index contributed by atoms with van der Waals surface area (Å²) in [5, 5.41) is 6.27. The first-order chi connectivity index (χ1) is 12.1. The molecule has 0 saturated heterocycles. The largest absolute Gasteiger partial charge is 0.397 e. The summed E-state index contributed by atoms with van der Waals surface area (Å²) in [6.45, 7) is 2.09. The second-order valence-electron chi connectivity index (χ2n) is 5.90. The Morgan fingerprint density at radius 3 is 2.20 bits per heavy atom. The average Bonchev–Trinajstić information content (AvgIpc) is 2.64. The number of hydrogen-bond donors (Lipinski definition) is 3. The summed E-state index contributed by atoms with van der Waals surface area (Å²) >= 11 is 0. The molecule has 0 unspecified atom stereocenters. The van der Waals surface area contributed by atoms with Crippen LogP contribution >= 0.6 is 0 Å². The van der Waals surface area contributed by atoms with Crippen LogP contribution in [0.25, 0.3) is 0 Å². The highest BCUT2D eigenvalue weighted by molar-refractivity contribution is 6.05. The highest BCUT2D eigenvalue weighted by atomic mass is 16.1. The van der Waals surface area contributed by atoms with E-state index in [9.17, 15) is 4.79 Å². The van der Waals surface area contributed by atoms with Crippen molar-refractivity contribution >= 4 is 23.0 Å². The highest BCUT2D eigenvalue weighted by Gasteiger charge is 2.10. The van der Waals surface area contributed by atoms with Crippen LogP contribution in [-0.2, 0) is 0 Å². The lowest BCUT2D eigenvalue weighted by atomic mass is 10.1. The van der Waals surface area contributed by atoms with E-state index in [2.05, 4.69) is 17.6 Å². The van der Waals surface area contributed by atoms with Gasteiger partial charge in [-0.2, -0.15) is 0 Å². The number of hydrogen-bond acceptors (Lipinski definition) is 3. The Morgan fingerprint density at radius 2 is 1.52 bits per heavy atom. The standard InChI is InChI=1S/C21H21N3O/c1-15(23-18-7-3-2-4-8-18)16-11-13-17(14-12-16)21(25)24-20-10-6-5-9-19(20)22/h2-15,23H,22H2,1H3,(H,24,25)/t15-/m0/s1. The average molecular weight is 331 g/mol. The maximum atomic E-state index is 12.4. The van der Waals surface area contributed by atoms with E-state index >= 15 is 0 Å². The first-order valence-corrected chi connectivity index (χ1v) is 8.21. The third kappa shape index (κ3) is 4.18. The Balaban J connectivity index is 1.67. The van der Waals surface area contributed by atoms with E-state index in [1.807, 2.05) is 66.7 Å². The van der Waals surface area contributed by atoms with E-state index in [4.69, 9.17) is 5.73 Å². The van der Waals surface area contributed by atoms with Gasteiger partial charge in [-0.25, -0.2) is 0 Å². The van der Waals surface area contributed by atoms with Gasteiger partial charge in [0.1, 0.15) is 0 Å². The third-order valence-corrected chi connectivity index (χ3v) is 4.04. The number of anilines is 3. The normalized spacial score (nSPS) is 11.6. The van der Waals surface area contributed by atoms with Crippen LogP contribution in [0.5, 0.6) is 0 Å². The van der Waals surface area contributed by atoms with Gasteiger partial charge in [-0.05, 0) is 48.9 Å². The number of nitrogens with two attached hydrogens (primary N) is 1. The van der Waals surface area contributed by atoms with Crippen molar-refractivity contribution in [3.63, 3.8) is 0 Å². The number of carbonyl (C=O) groups is 1. The van der Waals surface area contributed by atoms with Crippen LogP contribution in [0, 0.1) is 0 Å². The lowest BCUT2D eigenvalue weighted by molar-refractivity contribution is 0.102. The monoisotopic (exact) mass is 331 g/mol. The Labute approximate surface area is 147 Å². The van der Waals surface area contributed by atoms with Crippen molar-refractivity contribution < 1.29 is 4.79 Å². The molecule has 126 valence electrons. The number of amides is 1. The number of benzene rings is 3. The molecule has 0 bridgehead atoms. The summed E-state index contributed by atoms with van der Waals surface area (Å²) in [5.74, 6) is -0.173. The van der Waals surface area contributed by atoms with Gasteiger partial charge in [0.2, 0.25) is 0 Å². The Kier molecular flexibility index (Phi) is 5.00. The molecule has 0 aliphatic rings. The molecule has 3 rings (SSSR count). The summed E-state index contributed by atoms with van der Waals surface area (Å²) in [7, 11) is 0. The summed E-state index contributed by atoms with van der Waals surface area (Å²) in [4.78, 5) is 12.4. The molecule has 1 atom stereocenters. The predicted molar refractivity (Wildman–Crippen MR) is 104 cm³/mol. The molecule has 0 spiro atoms. The molecule has 0 radical (unpaired) electrons. The quantitative estimate of drug-likeness (QED) is 0.594. The number of nitrogen functional groups attached to an aromatic ring is 1. The molecule has 25 heavy (non-hydrogen) atoms. The lowest BCUT2D eigenvalue weighted by Gasteiger charge is -2.16. The Morgan fingerprint density at radius 1 is 0.880 bits per heavy atom. The van der Waals surface area contributed by atoms with Crippen LogP contribution in [0.2, 0.25) is 0 Å². The molecule has 0 aliphatic heterocycles. The van der Waals surface area contributed by atoms with E-state index in [0.29, 0.717) is 16.9 Å². The minimum Gasteiger partial charge on any atom is -0.397 e. The fraction of sp³-hybridized carbons (Fsp3) is 0.0952. The molecule has 3 aromatic carbocycles. The Hall–Kier alpha value is -3.27. The number of carbonyl (C=O) groups excluding carboxylic acids is 1. The van der Waals surface area contributed by atoms with Gasteiger partial charge in [-0.3, -0.25) is 4.79 Å². The van der Waals surface area contributed by atoms with Gasteiger partial charge in [0, 0.05) is 17.3 Å². The van der Waals surface area contributed by atoms with E-state index in [0.717, 1.165) is 11.3 Å². The molecule has 4 N–H and O–H groups in total. The van der Waals surface area contributed by atoms with Crippen LogP contribution in [0.15, 0.2) is 78.9 Å². The van der Waals surface area contributed by atoms with Crippen LogP contribution in [-0.4, -0.2) is 5.91 Å². The zero-order valence-electron chi connectivity index (χ0n) is 14.1. The first-order valence-electron chi connectivity index (χ1n) is 8.21. The van der Waals surface area contributed by atoms with E-state index in [1.54, 1.807) is 12.1 Å². The highest BCUT2D eigenvalue weighted by Crippen LogP contribution is 2.21. The second kappa shape index (κ2) is 7.53. The number of para-hydroxylation sites is 3. The summed E-state index contributed by atoms with van der Waals surface area (Å²) in [6, 6.07) is 25.0. The fourth-order valence-corrected chi connectivity index (χ4v) is 2.60. The SMILES string of the molecule is C[C@H](Nc1ccccc1)c1ccc(C(=O)Nc2ccccc2N)cc1. The second-order valence-corrected chi connectivity index (χ2v) is 5.90. The molecule has 0 saturated carbocycles. The molecule has 3 aromatic rings. The van der Waals surface area contributed by atoms with Crippen molar-refractivity contribution in [2.24, 2.45) is 0 Å². The lowest BCUT2D eigenvalue weighted by Crippen LogP contribution is -2.13. The molecular weight excluding hydrogens is 310 g/mol. The molecule has 0 fully saturated rings. The Bertz CT molecular complexity index is 845. The summed E-state index contributed by atoms with van der Waals surface area (Å²) in [6.07, 6.45) is 0. The van der Waals surface area contributed by atoms with E-state index in [-0.39, 0.29) is 11.9 Å². The van der Waals surface area contributed by atoms with Gasteiger partial charge in [0.15, 0.2) is 0 Å². The summed E-state index contributed by atoms with van der Waals surface area (Å²) < 4.78 is 0. The van der Waals surface area contributed by atoms with Crippen molar-refractivity contribution in [1.82, 2.24) is 0 Å². The third-order valence-electron chi connectivity index (χ3n) is 4.04. The van der Waals surface area contributed by atoms with Crippen LogP contribution in [0.4, 0.5) is 17.1 Å². The molecular formula is C21H21N3O. The van der Waals surface area contributed by atoms with Gasteiger partial charge in [-0.1, -0.05) is 42.5 Å². The zero-order valence-corrected chi connectivity index (χ0v) is 14.1. The van der Waals surface area contributed by atoms with Gasteiger partial charge in [0.25, 0.3) is 5.91 Å². The van der Waals surface area contributed by atoms with Crippen molar-refractivity contribution in [2.75, 3.05) is 16.4 Å². The van der Waals surface area contributed by atoms with Crippen molar-refractivity contribution in [2.45, 2.75) is 13.0 Å². The molecule has 4 heteroatoms. The van der Waals surface area contributed by atoms with Crippen molar-refractivity contribution in [1.29, 1.82) is 0 Å². The molecule has 0 heterocycles. The van der Waals surface area contributed by atoms with E-state index in [1.165, 1.54) is 0 Å². The van der Waals surface area contributed by atoms with Crippen molar-refractivity contribution in [3.8, 4) is 0 Å². The minimum absolute atomic E-state index is 0.143. The van der Waals surface area contributed by atoms with Gasteiger partial charge in [0.05, 0.1) is 11.4 Å². The molecule has 0 aliphatic carbocycles. The van der Waals surface area contributed by atoms with Crippen LogP contribution in [0.1, 0.15) is 28.9 Å².